The van der Waals surface area contributed by atoms with Gasteiger partial charge in [0.25, 0.3) is 0 Å². The van der Waals surface area contributed by atoms with Crippen LogP contribution in [0.1, 0.15) is 13.3 Å². The van der Waals surface area contributed by atoms with Gasteiger partial charge < -0.3 is 19.9 Å². The maximum Gasteiger partial charge on any atom is 0.307 e. The van der Waals surface area contributed by atoms with Crippen molar-refractivity contribution in [1.82, 2.24) is 0 Å². The van der Waals surface area contributed by atoms with Crippen LogP contribution in [-0.2, 0) is 9.59 Å². The molecular weight excluding hydrogens is 262 g/mol. The maximum absolute atomic E-state index is 11.9. The third kappa shape index (κ3) is 3.01. The van der Waals surface area contributed by atoms with E-state index in [1.165, 1.54) is 7.11 Å². The summed E-state index contributed by atoms with van der Waals surface area (Å²) in [5.74, 6) is -1.07. The van der Waals surface area contributed by atoms with Gasteiger partial charge in [-0.05, 0) is 25.5 Å². The summed E-state index contributed by atoms with van der Waals surface area (Å²) in [5, 5.41) is 11.5. The van der Waals surface area contributed by atoms with E-state index < -0.39 is 17.8 Å². The molecule has 108 valence electrons. The first-order chi connectivity index (χ1) is 9.56. The van der Waals surface area contributed by atoms with Gasteiger partial charge in [0.15, 0.2) is 11.5 Å². The number of carbonyl (C=O) groups is 2. The average Bonchev–Trinajstić information content (AvgIpc) is 3.20. The highest BCUT2D eigenvalue weighted by molar-refractivity contribution is 5.98. The highest BCUT2D eigenvalue weighted by atomic mass is 16.5. The molecule has 0 heterocycles. The number of methoxy groups -OCH3 is 1. The molecule has 1 aromatic rings. The molecule has 1 aliphatic carbocycles. The Morgan fingerprint density at radius 3 is 2.65 bits per heavy atom. The maximum atomic E-state index is 11.9. The zero-order chi connectivity index (χ0) is 14.7. The van der Waals surface area contributed by atoms with Crippen molar-refractivity contribution >= 4 is 17.6 Å². The molecular formula is C14H17NO5. The van der Waals surface area contributed by atoms with Crippen molar-refractivity contribution in [2.45, 2.75) is 13.3 Å². The van der Waals surface area contributed by atoms with Crippen molar-refractivity contribution in [3.63, 3.8) is 0 Å². The summed E-state index contributed by atoms with van der Waals surface area (Å²) in [4.78, 5) is 22.6. The smallest absolute Gasteiger partial charge is 0.307 e. The van der Waals surface area contributed by atoms with Crippen LogP contribution in [0, 0.1) is 11.8 Å². The van der Waals surface area contributed by atoms with Crippen molar-refractivity contribution in [2.24, 2.45) is 11.8 Å². The van der Waals surface area contributed by atoms with Crippen LogP contribution in [0.2, 0.25) is 0 Å². The average molecular weight is 279 g/mol. The normalized spacial score (nSPS) is 20.1. The molecule has 1 aliphatic rings. The summed E-state index contributed by atoms with van der Waals surface area (Å²) in [5.41, 5.74) is 0.565. The quantitative estimate of drug-likeness (QED) is 0.828. The first-order valence-corrected chi connectivity index (χ1v) is 6.41. The minimum atomic E-state index is -0.921. The zero-order valence-electron chi connectivity index (χ0n) is 11.4. The molecule has 0 radical (unpaired) electrons. The van der Waals surface area contributed by atoms with Crippen molar-refractivity contribution in [3.8, 4) is 11.5 Å². The molecule has 1 saturated carbocycles. The molecule has 2 atom stereocenters. The van der Waals surface area contributed by atoms with E-state index in [1.807, 2.05) is 6.92 Å². The second-order valence-electron chi connectivity index (χ2n) is 4.57. The third-order valence-electron chi connectivity index (χ3n) is 3.18. The van der Waals surface area contributed by atoms with E-state index in [0.717, 1.165) is 0 Å². The Morgan fingerprint density at radius 2 is 2.10 bits per heavy atom. The fourth-order valence-electron chi connectivity index (χ4n) is 2.02. The molecule has 2 N–H and O–H groups in total. The molecule has 6 nitrogen and oxygen atoms in total. The second kappa shape index (κ2) is 5.81. The molecule has 0 spiro atoms. The largest absolute Gasteiger partial charge is 0.493 e. The molecule has 0 aromatic heterocycles. The molecule has 1 fully saturated rings. The summed E-state index contributed by atoms with van der Waals surface area (Å²) in [6.07, 6.45) is 0.398. The minimum absolute atomic E-state index is 0.273. The zero-order valence-corrected chi connectivity index (χ0v) is 11.4. The van der Waals surface area contributed by atoms with Crippen LogP contribution in [-0.4, -0.2) is 30.7 Å². The molecule has 20 heavy (non-hydrogen) atoms. The molecule has 0 bridgehead atoms. The van der Waals surface area contributed by atoms with Gasteiger partial charge in [-0.15, -0.1) is 0 Å². The lowest BCUT2D eigenvalue weighted by Crippen LogP contribution is -2.16. The van der Waals surface area contributed by atoms with Crippen molar-refractivity contribution < 1.29 is 24.2 Å². The number of ether oxygens (including phenoxy) is 2. The Kier molecular flexibility index (Phi) is 4.12. The summed E-state index contributed by atoms with van der Waals surface area (Å²) in [6, 6.07) is 5.05. The van der Waals surface area contributed by atoms with Gasteiger partial charge in [-0.2, -0.15) is 0 Å². The minimum Gasteiger partial charge on any atom is -0.493 e. The lowest BCUT2D eigenvalue weighted by atomic mass is 10.2. The predicted molar refractivity (Wildman–Crippen MR) is 72.0 cm³/mol. The number of rotatable bonds is 6. The molecule has 2 unspecified atom stereocenters. The van der Waals surface area contributed by atoms with Gasteiger partial charge in [0.2, 0.25) is 5.91 Å². The lowest BCUT2D eigenvalue weighted by Gasteiger charge is -2.11. The van der Waals surface area contributed by atoms with E-state index in [9.17, 15) is 9.59 Å². The fraction of sp³-hybridized carbons (Fsp3) is 0.429. The Labute approximate surface area is 116 Å². The standard InChI is InChI=1S/C14H17NO5/c1-3-20-12-6-8(4-5-11(12)19-2)15-13(16)9-7-10(9)14(17)18/h4-6,9-10H,3,7H2,1-2H3,(H,15,16)(H,17,18). The summed E-state index contributed by atoms with van der Waals surface area (Å²) >= 11 is 0. The molecule has 0 aliphatic heterocycles. The van der Waals surface area contributed by atoms with E-state index in [4.69, 9.17) is 14.6 Å². The van der Waals surface area contributed by atoms with Crippen molar-refractivity contribution in [1.29, 1.82) is 0 Å². The van der Waals surface area contributed by atoms with Gasteiger partial charge in [0, 0.05) is 11.8 Å². The van der Waals surface area contributed by atoms with E-state index in [2.05, 4.69) is 5.32 Å². The number of anilines is 1. The van der Waals surface area contributed by atoms with Crippen molar-refractivity contribution in [2.75, 3.05) is 19.0 Å². The molecule has 2 rings (SSSR count). The van der Waals surface area contributed by atoms with Gasteiger partial charge >= 0.3 is 5.97 Å². The second-order valence-corrected chi connectivity index (χ2v) is 4.57. The van der Waals surface area contributed by atoms with E-state index in [-0.39, 0.29) is 5.91 Å². The number of nitrogens with one attached hydrogen (secondary N) is 1. The van der Waals surface area contributed by atoms with Gasteiger partial charge in [0.05, 0.1) is 25.6 Å². The highest BCUT2D eigenvalue weighted by Gasteiger charge is 2.48. The number of hydrogen-bond donors (Lipinski definition) is 2. The molecule has 6 heteroatoms. The number of hydrogen-bond acceptors (Lipinski definition) is 4. The topological polar surface area (TPSA) is 84.9 Å². The van der Waals surface area contributed by atoms with Crippen molar-refractivity contribution in [3.05, 3.63) is 18.2 Å². The number of carboxylic acids is 1. The monoisotopic (exact) mass is 279 g/mol. The summed E-state index contributed by atoms with van der Waals surface area (Å²) in [7, 11) is 1.54. The van der Waals surface area contributed by atoms with Crippen LogP contribution in [0.3, 0.4) is 0 Å². The number of aliphatic carboxylic acids is 1. The Bertz CT molecular complexity index is 528. The highest BCUT2D eigenvalue weighted by Crippen LogP contribution is 2.40. The molecule has 1 amide bonds. The fourth-order valence-corrected chi connectivity index (χ4v) is 2.02. The van der Waals surface area contributed by atoms with Gasteiger partial charge in [-0.1, -0.05) is 0 Å². The van der Waals surface area contributed by atoms with Crippen LogP contribution < -0.4 is 14.8 Å². The SMILES string of the molecule is CCOc1cc(NC(=O)C2CC2C(=O)O)ccc1OC. The van der Waals surface area contributed by atoms with Gasteiger partial charge in [0.1, 0.15) is 0 Å². The summed E-state index contributed by atoms with van der Waals surface area (Å²) < 4.78 is 10.6. The van der Waals surface area contributed by atoms with Crippen LogP contribution in [0.4, 0.5) is 5.69 Å². The Balaban J connectivity index is 2.04. The third-order valence-corrected chi connectivity index (χ3v) is 3.18. The van der Waals surface area contributed by atoms with Gasteiger partial charge in [-0.3, -0.25) is 9.59 Å². The van der Waals surface area contributed by atoms with E-state index >= 15 is 0 Å². The van der Waals surface area contributed by atoms with Crippen LogP contribution >= 0.6 is 0 Å². The lowest BCUT2D eigenvalue weighted by molar-refractivity contribution is -0.139. The molecule has 0 saturated heterocycles. The first-order valence-electron chi connectivity index (χ1n) is 6.41. The first kappa shape index (κ1) is 14.2. The van der Waals surface area contributed by atoms with Crippen LogP contribution in [0.25, 0.3) is 0 Å². The number of benzene rings is 1. The van der Waals surface area contributed by atoms with E-state index in [1.54, 1.807) is 18.2 Å². The van der Waals surface area contributed by atoms with Crippen LogP contribution in [0.5, 0.6) is 11.5 Å². The number of carboxylic acid groups (broad SMARTS) is 1. The molecule has 1 aromatic carbocycles. The number of amides is 1. The Morgan fingerprint density at radius 1 is 1.35 bits per heavy atom. The van der Waals surface area contributed by atoms with Gasteiger partial charge in [-0.25, -0.2) is 0 Å². The summed E-state index contributed by atoms with van der Waals surface area (Å²) in [6.45, 7) is 2.34. The number of carbonyl (C=O) groups excluding carboxylic acids is 1. The Hall–Kier alpha value is -2.24. The van der Waals surface area contributed by atoms with E-state index in [0.29, 0.717) is 30.2 Å². The van der Waals surface area contributed by atoms with Crippen LogP contribution in [0.15, 0.2) is 18.2 Å². The predicted octanol–water partition coefficient (Wildman–Crippen LogP) is 1.75.